The van der Waals surface area contributed by atoms with Crippen LogP contribution in [0.15, 0.2) is 69.3 Å². The molecule has 0 saturated carbocycles. The molecule has 0 spiro atoms. The van der Waals surface area contributed by atoms with Crippen LogP contribution in [0.1, 0.15) is 16.8 Å². The van der Waals surface area contributed by atoms with Crippen LogP contribution in [0.25, 0.3) is 11.3 Å². The fourth-order valence-corrected chi connectivity index (χ4v) is 2.15. The average molecular weight is 334 g/mol. The van der Waals surface area contributed by atoms with Gasteiger partial charge in [0, 0.05) is 11.6 Å². The molecule has 0 unspecified atom stereocenters. The lowest BCUT2D eigenvalue weighted by Crippen LogP contribution is -2.12. The Bertz CT molecular complexity index is 894. The SMILES string of the molecule is COc1ccc(C=NN=C(N)c2cc(-c3ccc(C)cc3)on2)cc1. The van der Waals surface area contributed by atoms with Crippen molar-refractivity contribution >= 4 is 12.1 Å². The summed E-state index contributed by atoms with van der Waals surface area (Å²) in [6, 6.07) is 17.1. The van der Waals surface area contributed by atoms with Crippen molar-refractivity contribution in [2.24, 2.45) is 15.9 Å². The maximum absolute atomic E-state index is 5.91. The Morgan fingerprint density at radius 2 is 1.84 bits per heavy atom. The largest absolute Gasteiger partial charge is 0.497 e. The molecule has 0 aliphatic rings. The number of aromatic nitrogens is 1. The summed E-state index contributed by atoms with van der Waals surface area (Å²) in [6.07, 6.45) is 1.60. The highest BCUT2D eigenvalue weighted by Gasteiger charge is 2.09. The second-order valence-electron chi connectivity index (χ2n) is 5.45. The van der Waals surface area contributed by atoms with Gasteiger partial charge < -0.3 is 15.0 Å². The Labute approximate surface area is 145 Å². The highest BCUT2D eigenvalue weighted by molar-refractivity contribution is 5.96. The second kappa shape index (κ2) is 7.44. The van der Waals surface area contributed by atoms with Gasteiger partial charge in [-0.15, -0.1) is 5.10 Å². The Hall–Kier alpha value is -3.41. The van der Waals surface area contributed by atoms with Crippen molar-refractivity contribution in [1.82, 2.24) is 5.16 Å². The zero-order valence-corrected chi connectivity index (χ0v) is 14.0. The van der Waals surface area contributed by atoms with Crippen molar-refractivity contribution in [3.05, 3.63) is 71.4 Å². The maximum Gasteiger partial charge on any atom is 0.175 e. The van der Waals surface area contributed by atoms with Gasteiger partial charge in [0.05, 0.1) is 13.3 Å². The van der Waals surface area contributed by atoms with Crippen LogP contribution in [0, 0.1) is 6.92 Å². The molecule has 0 bridgehead atoms. The topological polar surface area (TPSA) is 86.0 Å². The van der Waals surface area contributed by atoms with E-state index in [0.29, 0.717) is 11.5 Å². The molecule has 0 aliphatic heterocycles. The molecule has 2 N–H and O–H groups in total. The number of hydrogen-bond donors (Lipinski definition) is 1. The highest BCUT2D eigenvalue weighted by Crippen LogP contribution is 2.20. The number of ether oxygens (including phenoxy) is 1. The lowest BCUT2D eigenvalue weighted by Gasteiger charge is -1.98. The van der Waals surface area contributed by atoms with Gasteiger partial charge in [-0.3, -0.25) is 0 Å². The first-order chi connectivity index (χ1) is 12.2. The summed E-state index contributed by atoms with van der Waals surface area (Å²) in [4.78, 5) is 0. The van der Waals surface area contributed by atoms with Crippen LogP contribution in [0.5, 0.6) is 5.75 Å². The molecule has 3 aromatic rings. The minimum Gasteiger partial charge on any atom is -0.497 e. The summed E-state index contributed by atoms with van der Waals surface area (Å²) in [5.74, 6) is 1.60. The molecular weight excluding hydrogens is 316 g/mol. The van der Waals surface area contributed by atoms with E-state index in [0.717, 1.165) is 16.9 Å². The maximum atomic E-state index is 5.91. The monoisotopic (exact) mass is 334 g/mol. The molecular formula is C19H18N4O2. The van der Waals surface area contributed by atoms with E-state index in [1.807, 2.05) is 55.5 Å². The van der Waals surface area contributed by atoms with E-state index in [2.05, 4.69) is 15.4 Å². The van der Waals surface area contributed by atoms with Crippen molar-refractivity contribution in [3.63, 3.8) is 0 Å². The normalized spacial score (nSPS) is 11.8. The molecule has 6 nitrogen and oxygen atoms in total. The van der Waals surface area contributed by atoms with Crippen LogP contribution in [0.2, 0.25) is 0 Å². The highest BCUT2D eigenvalue weighted by atomic mass is 16.5. The van der Waals surface area contributed by atoms with E-state index in [9.17, 15) is 0 Å². The summed E-state index contributed by atoms with van der Waals surface area (Å²) in [6.45, 7) is 2.03. The van der Waals surface area contributed by atoms with Crippen LogP contribution < -0.4 is 10.5 Å². The molecule has 0 amide bonds. The first kappa shape index (κ1) is 16.4. The minimum atomic E-state index is 0.187. The molecule has 126 valence electrons. The van der Waals surface area contributed by atoms with Crippen molar-refractivity contribution in [1.29, 1.82) is 0 Å². The number of nitrogens with two attached hydrogens (primary N) is 1. The molecule has 6 heteroatoms. The predicted molar refractivity (Wildman–Crippen MR) is 98.0 cm³/mol. The average Bonchev–Trinajstić information content (AvgIpc) is 3.13. The predicted octanol–water partition coefficient (Wildman–Crippen LogP) is 3.40. The van der Waals surface area contributed by atoms with Gasteiger partial charge in [-0.2, -0.15) is 5.10 Å². The number of amidine groups is 1. The van der Waals surface area contributed by atoms with Crippen LogP contribution in [0.4, 0.5) is 0 Å². The Morgan fingerprint density at radius 1 is 1.12 bits per heavy atom. The summed E-state index contributed by atoms with van der Waals surface area (Å²) in [7, 11) is 1.62. The third kappa shape index (κ3) is 4.11. The van der Waals surface area contributed by atoms with Gasteiger partial charge in [0.15, 0.2) is 17.3 Å². The van der Waals surface area contributed by atoms with Gasteiger partial charge in [-0.1, -0.05) is 35.0 Å². The molecule has 0 atom stereocenters. The first-order valence-corrected chi connectivity index (χ1v) is 7.70. The molecule has 2 aromatic carbocycles. The fourth-order valence-electron chi connectivity index (χ4n) is 2.15. The Morgan fingerprint density at radius 3 is 2.52 bits per heavy atom. The number of nitrogens with zero attached hydrogens (tertiary/aromatic N) is 3. The van der Waals surface area contributed by atoms with Gasteiger partial charge in [0.1, 0.15) is 5.75 Å². The summed E-state index contributed by atoms with van der Waals surface area (Å²) >= 11 is 0. The number of methoxy groups -OCH3 is 1. The third-order valence-corrected chi connectivity index (χ3v) is 3.60. The second-order valence-corrected chi connectivity index (χ2v) is 5.45. The smallest absolute Gasteiger partial charge is 0.175 e. The molecule has 25 heavy (non-hydrogen) atoms. The summed E-state index contributed by atoms with van der Waals surface area (Å²) in [5.41, 5.74) is 9.36. The molecule has 0 aliphatic carbocycles. The number of rotatable bonds is 5. The molecule has 0 saturated heterocycles. The third-order valence-electron chi connectivity index (χ3n) is 3.60. The van der Waals surface area contributed by atoms with E-state index in [1.54, 1.807) is 19.4 Å². The fraction of sp³-hybridized carbons (Fsp3) is 0.105. The number of hydrogen-bond acceptors (Lipinski definition) is 5. The standard InChI is InChI=1S/C19H18N4O2/c1-13-3-7-15(8-4-13)18-11-17(23-25-18)19(20)22-21-12-14-5-9-16(24-2)10-6-14/h3-12H,1-2H3,(H2,20,22). The zero-order valence-electron chi connectivity index (χ0n) is 14.0. The van der Waals surface area contributed by atoms with Crippen molar-refractivity contribution in [2.45, 2.75) is 6.92 Å². The van der Waals surface area contributed by atoms with E-state index < -0.39 is 0 Å². The summed E-state index contributed by atoms with van der Waals surface area (Å²) in [5, 5.41) is 11.9. The van der Waals surface area contributed by atoms with E-state index >= 15 is 0 Å². The van der Waals surface area contributed by atoms with Crippen LogP contribution in [0.3, 0.4) is 0 Å². The zero-order chi connectivity index (χ0) is 17.6. The summed E-state index contributed by atoms with van der Waals surface area (Å²) < 4.78 is 10.4. The van der Waals surface area contributed by atoms with Crippen LogP contribution in [-0.2, 0) is 0 Å². The molecule has 1 aromatic heterocycles. The number of benzene rings is 2. The van der Waals surface area contributed by atoms with Crippen LogP contribution in [-0.4, -0.2) is 24.3 Å². The van der Waals surface area contributed by atoms with Crippen molar-refractivity contribution < 1.29 is 9.26 Å². The van der Waals surface area contributed by atoms with Gasteiger partial charge in [0.2, 0.25) is 0 Å². The van der Waals surface area contributed by atoms with E-state index in [4.69, 9.17) is 15.0 Å². The van der Waals surface area contributed by atoms with Crippen molar-refractivity contribution in [2.75, 3.05) is 7.11 Å². The van der Waals surface area contributed by atoms with Gasteiger partial charge in [-0.05, 0) is 36.8 Å². The van der Waals surface area contributed by atoms with Gasteiger partial charge in [-0.25, -0.2) is 0 Å². The molecule has 3 rings (SSSR count). The van der Waals surface area contributed by atoms with E-state index in [-0.39, 0.29) is 5.84 Å². The first-order valence-electron chi connectivity index (χ1n) is 7.70. The number of aryl methyl sites for hydroxylation is 1. The molecule has 0 radical (unpaired) electrons. The minimum absolute atomic E-state index is 0.187. The van der Waals surface area contributed by atoms with Crippen molar-refractivity contribution in [3.8, 4) is 17.1 Å². The Kier molecular flexibility index (Phi) is 4.89. The Balaban J connectivity index is 1.71. The molecule has 1 heterocycles. The quantitative estimate of drug-likeness (QED) is 0.440. The molecule has 0 fully saturated rings. The lowest BCUT2D eigenvalue weighted by molar-refractivity contribution is 0.415. The lowest BCUT2D eigenvalue weighted by atomic mass is 10.1. The van der Waals surface area contributed by atoms with Gasteiger partial charge in [0.25, 0.3) is 0 Å². The van der Waals surface area contributed by atoms with Gasteiger partial charge >= 0.3 is 0 Å². The van der Waals surface area contributed by atoms with Crippen LogP contribution >= 0.6 is 0 Å². The van der Waals surface area contributed by atoms with E-state index in [1.165, 1.54) is 5.56 Å².